The van der Waals surface area contributed by atoms with Crippen LogP contribution in [0.5, 0.6) is 0 Å². The van der Waals surface area contributed by atoms with Gasteiger partial charge in [-0.2, -0.15) is 0 Å². The van der Waals surface area contributed by atoms with E-state index in [1.54, 1.807) is 44.2 Å². The Morgan fingerprint density at radius 1 is 0.944 bits per heavy atom. The van der Waals surface area contributed by atoms with E-state index in [1.807, 2.05) is 24.3 Å². The zero-order valence-corrected chi connectivity index (χ0v) is 23.4. The molecule has 1 aromatic heterocycles. The van der Waals surface area contributed by atoms with Gasteiger partial charge in [-0.3, -0.25) is 9.36 Å². The number of halogens is 2. The largest absolute Gasteiger partial charge is 0.463 e. The first-order chi connectivity index (χ1) is 17.3. The maximum Gasteiger partial charge on any atom is 0.338 e. The number of thiazole rings is 1. The maximum atomic E-state index is 13.5. The Morgan fingerprint density at radius 3 is 2.03 bits per heavy atom. The van der Waals surface area contributed by atoms with Gasteiger partial charge in [0.15, 0.2) is 0 Å². The summed E-state index contributed by atoms with van der Waals surface area (Å²) in [5.74, 6) is -2.28. The minimum Gasteiger partial charge on any atom is -0.463 e. The Hall–Kier alpha value is -2.95. The van der Waals surface area contributed by atoms with Gasteiger partial charge in [-0.05, 0) is 55.3 Å². The van der Waals surface area contributed by atoms with Crippen molar-refractivity contribution in [3.63, 3.8) is 0 Å². The number of carbonyl (C=O) groups excluding carboxylic acids is 2. The molecule has 10 heteroatoms. The molecule has 2 N–H and O–H groups in total. The highest BCUT2D eigenvalue weighted by Gasteiger charge is 2.39. The van der Waals surface area contributed by atoms with Gasteiger partial charge in [0.2, 0.25) is 0 Å². The van der Waals surface area contributed by atoms with E-state index in [1.165, 1.54) is 4.57 Å². The Bertz CT molecular complexity index is 1540. The van der Waals surface area contributed by atoms with Crippen LogP contribution in [0.1, 0.15) is 30.9 Å². The van der Waals surface area contributed by atoms with Crippen molar-refractivity contribution in [2.24, 2.45) is 5.73 Å². The second-order valence-electron chi connectivity index (χ2n) is 7.75. The van der Waals surface area contributed by atoms with Crippen molar-refractivity contribution in [2.45, 2.75) is 19.8 Å². The molecule has 7 nitrogen and oxygen atoms in total. The number of rotatable bonds is 6. The van der Waals surface area contributed by atoms with E-state index >= 15 is 0 Å². The van der Waals surface area contributed by atoms with Gasteiger partial charge in [0.05, 0.1) is 34.8 Å². The molecule has 2 heterocycles. The zero-order valence-electron chi connectivity index (χ0n) is 19.4. The van der Waals surface area contributed by atoms with Crippen LogP contribution in [0.4, 0.5) is 0 Å². The fraction of sp³-hybridized carbons (Fsp3) is 0.192. The summed E-state index contributed by atoms with van der Waals surface area (Å²) in [6, 6.07) is 14.6. The lowest BCUT2D eigenvalue weighted by Crippen LogP contribution is -2.42. The molecule has 0 aliphatic carbocycles. The van der Waals surface area contributed by atoms with Crippen molar-refractivity contribution in [1.29, 1.82) is 0 Å². The van der Waals surface area contributed by atoms with Crippen LogP contribution in [0.15, 0.2) is 67.8 Å². The number of fused-ring (bicyclic) bond motifs is 1. The summed E-state index contributed by atoms with van der Waals surface area (Å²) in [5.41, 5.74) is 7.67. The average molecular weight is 634 g/mol. The van der Waals surface area contributed by atoms with Crippen molar-refractivity contribution in [1.82, 2.24) is 4.57 Å². The van der Waals surface area contributed by atoms with Crippen LogP contribution >= 0.6 is 43.2 Å². The van der Waals surface area contributed by atoms with Crippen molar-refractivity contribution in [3.8, 4) is 0 Å². The highest BCUT2D eigenvalue weighted by molar-refractivity contribution is 9.10. The van der Waals surface area contributed by atoms with E-state index in [0.29, 0.717) is 14.8 Å². The predicted octanol–water partition coefficient (Wildman–Crippen LogP) is 3.47. The fourth-order valence-electron chi connectivity index (χ4n) is 3.96. The summed E-state index contributed by atoms with van der Waals surface area (Å²) < 4.78 is 14.3. The molecule has 1 aliphatic rings. The molecule has 1 atom stereocenters. The number of benzene rings is 2. The topological polar surface area (TPSA) is 101 Å². The molecule has 36 heavy (non-hydrogen) atoms. The zero-order chi connectivity index (χ0) is 26.0. The summed E-state index contributed by atoms with van der Waals surface area (Å²) in [5, 5.41) is 0. The average Bonchev–Trinajstić information content (AvgIpc) is 3.17. The first kappa shape index (κ1) is 26.1. The molecular weight excluding hydrogens is 612 g/mol. The SMILES string of the molecule is CCOC(=O)C1=C(N)n2c(s/c(=C\c3ccc(Br)cc3)c2=O)=C(C(=O)OCC)[C@H]1c1ccc(Br)cc1. The first-order valence-electron chi connectivity index (χ1n) is 11.1. The van der Waals surface area contributed by atoms with Gasteiger partial charge in [-0.15, -0.1) is 11.3 Å². The van der Waals surface area contributed by atoms with E-state index in [4.69, 9.17) is 15.2 Å². The number of hydrogen-bond acceptors (Lipinski definition) is 7. The number of aromatic nitrogens is 1. The highest BCUT2D eigenvalue weighted by atomic mass is 79.9. The number of hydrogen-bond donors (Lipinski definition) is 1. The summed E-state index contributed by atoms with van der Waals surface area (Å²) in [4.78, 5) is 40.1. The van der Waals surface area contributed by atoms with Crippen LogP contribution in [0.25, 0.3) is 17.5 Å². The Morgan fingerprint density at radius 2 is 1.47 bits per heavy atom. The number of nitrogens with zero attached hydrogens (tertiary/aromatic N) is 1. The van der Waals surface area contributed by atoms with Crippen LogP contribution in [0.2, 0.25) is 0 Å². The minimum absolute atomic E-state index is 0.0183. The molecule has 2 aromatic carbocycles. The molecule has 186 valence electrons. The molecule has 0 saturated carbocycles. The molecule has 0 spiro atoms. The highest BCUT2D eigenvalue weighted by Crippen LogP contribution is 2.38. The lowest BCUT2D eigenvalue weighted by atomic mass is 9.83. The molecule has 0 radical (unpaired) electrons. The number of carbonyl (C=O) groups is 2. The Kier molecular flexibility index (Phi) is 7.97. The van der Waals surface area contributed by atoms with Gasteiger partial charge >= 0.3 is 11.9 Å². The Balaban J connectivity index is 2.10. The van der Waals surface area contributed by atoms with Gasteiger partial charge in [0, 0.05) is 8.95 Å². The van der Waals surface area contributed by atoms with E-state index in [0.717, 1.165) is 25.8 Å². The van der Waals surface area contributed by atoms with Crippen LogP contribution in [0.3, 0.4) is 0 Å². The van der Waals surface area contributed by atoms with Crippen molar-refractivity contribution >= 4 is 72.6 Å². The molecule has 0 amide bonds. The standard InChI is InChI=1S/C26H22Br2N2O5S/c1-3-34-25(32)20-19(15-7-11-17(28)12-8-15)21(26(33)35-4-2)24-30(22(20)29)23(31)18(36-24)13-14-5-9-16(27)10-6-14/h5-13,19H,3-4,29H2,1-2H3/b18-13-/t19-/m0/s1. The summed E-state index contributed by atoms with van der Waals surface area (Å²) >= 11 is 7.94. The van der Waals surface area contributed by atoms with Crippen LogP contribution in [-0.4, -0.2) is 29.7 Å². The molecule has 0 unspecified atom stereocenters. The van der Waals surface area contributed by atoms with Gasteiger partial charge in [-0.25, -0.2) is 9.59 Å². The first-order valence-corrected chi connectivity index (χ1v) is 13.5. The van der Waals surface area contributed by atoms with E-state index < -0.39 is 23.4 Å². The fourth-order valence-corrected chi connectivity index (χ4v) is 5.66. The molecular formula is C26H22Br2N2O5S. The maximum absolute atomic E-state index is 13.5. The van der Waals surface area contributed by atoms with E-state index in [-0.39, 0.29) is 30.2 Å². The third kappa shape index (κ3) is 4.98. The molecule has 0 saturated heterocycles. The predicted molar refractivity (Wildman–Crippen MR) is 146 cm³/mol. The van der Waals surface area contributed by atoms with Crippen molar-refractivity contribution in [2.75, 3.05) is 13.2 Å². The van der Waals surface area contributed by atoms with E-state index in [2.05, 4.69) is 31.9 Å². The van der Waals surface area contributed by atoms with Gasteiger partial charge < -0.3 is 15.2 Å². The van der Waals surface area contributed by atoms with E-state index in [9.17, 15) is 14.4 Å². The monoisotopic (exact) mass is 632 g/mol. The minimum atomic E-state index is -0.880. The van der Waals surface area contributed by atoms with Gasteiger partial charge in [0.1, 0.15) is 10.5 Å². The van der Waals surface area contributed by atoms with Crippen LogP contribution in [-0.2, 0) is 19.1 Å². The van der Waals surface area contributed by atoms with Crippen molar-refractivity contribution in [3.05, 3.63) is 93.7 Å². The summed E-state index contributed by atoms with van der Waals surface area (Å²) in [6.45, 7) is 3.60. The van der Waals surface area contributed by atoms with Crippen LogP contribution < -0.4 is 20.5 Å². The lowest BCUT2D eigenvalue weighted by molar-refractivity contribution is -0.138. The molecule has 1 aliphatic heterocycles. The Labute approximate surface area is 227 Å². The van der Waals surface area contributed by atoms with Crippen molar-refractivity contribution < 1.29 is 19.1 Å². The number of ether oxygens (including phenoxy) is 2. The molecule has 0 fully saturated rings. The quantitative estimate of drug-likeness (QED) is 0.418. The number of esters is 2. The summed E-state index contributed by atoms with van der Waals surface area (Å²) in [6.07, 6.45) is 1.72. The normalized spacial score (nSPS) is 15.6. The number of nitrogens with two attached hydrogens (primary N) is 1. The van der Waals surface area contributed by atoms with Crippen LogP contribution in [0, 0.1) is 0 Å². The third-order valence-electron chi connectivity index (χ3n) is 5.51. The third-order valence-corrected chi connectivity index (χ3v) is 7.68. The smallest absolute Gasteiger partial charge is 0.338 e. The summed E-state index contributed by atoms with van der Waals surface area (Å²) in [7, 11) is 0. The molecule has 0 bridgehead atoms. The molecule has 4 rings (SSSR count). The second-order valence-corrected chi connectivity index (χ2v) is 10.6. The van der Waals surface area contributed by atoms with Gasteiger partial charge in [-0.1, -0.05) is 56.1 Å². The lowest BCUT2D eigenvalue weighted by Gasteiger charge is -2.27. The molecule has 3 aromatic rings. The van der Waals surface area contributed by atoms with Gasteiger partial charge in [0.25, 0.3) is 5.56 Å². The second kappa shape index (κ2) is 11.0.